The molecule has 0 spiro atoms. The molecule has 0 heterocycles. The van der Waals surface area contributed by atoms with Crippen molar-refractivity contribution >= 4 is 0 Å². The summed E-state index contributed by atoms with van der Waals surface area (Å²) in [6.45, 7) is -2.27. The van der Waals surface area contributed by atoms with Gasteiger partial charge in [0, 0.05) is 18.6 Å². The molecule has 2 N–H and O–H groups in total. The standard InChI is InChI=1S/C13H18F2N2O/c1-17(10-4-5-10)12(8-16)9-2-6-11(7-3-9)18-13(14)15/h2-3,6-7,10,12-13H,4-5,8,16H2,1H3. The summed E-state index contributed by atoms with van der Waals surface area (Å²) in [6.07, 6.45) is 2.42. The van der Waals surface area contributed by atoms with E-state index in [4.69, 9.17) is 5.73 Å². The fourth-order valence-corrected chi connectivity index (χ4v) is 2.15. The van der Waals surface area contributed by atoms with Gasteiger partial charge in [-0.2, -0.15) is 8.78 Å². The van der Waals surface area contributed by atoms with E-state index < -0.39 is 6.61 Å². The van der Waals surface area contributed by atoms with E-state index in [2.05, 4.69) is 16.7 Å². The summed E-state index contributed by atoms with van der Waals surface area (Å²) < 4.78 is 28.4. The van der Waals surface area contributed by atoms with Gasteiger partial charge in [-0.15, -0.1) is 0 Å². The third-order valence-electron chi connectivity index (χ3n) is 3.33. The quantitative estimate of drug-likeness (QED) is 0.849. The molecule has 1 aromatic rings. The minimum Gasteiger partial charge on any atom is -0.435 e. The average Bonchev–Trinajstić information content (AvgIpc) is 3.15. The summed E-state index contributed by atoms with van der Waals surface area (Å²) >= 11 is 0. The fourth-order valence-electron chi connectivity index (χ4n) is 2.15. The molecule has 0 aromatic heterocycles. The molecule has 100 valence electrons. The lowest BCUT2D eigenvalue weighted by Crippen LogP contribution is -2.32. The third-order valence-corrected chi connectivity index (χ3v) is 3.33. The van der Waals surface area contributed by atoms with Crippen molar-refractivity contribution in [1.82, 2.24) is 4.90 Å². The van der Waals surface area contributed by atoms with E-state index in [1.54, 1.807) is 24.3 Å². The zero-order valence-corrected chi connectivity index (χ0v) is 10.4. The molecule has 0 saturated heterocycles. The van der Waals surface area contributed by atoms with Gasteiger partial charge in [0.2, 0.25) is 0 Å². The molecule has 18 heavy (non-hydrogen) atoms. The number of nitrogens with two attached hydrogens (primary N) is 1. The van der Waals surface area contributed by atoms with E-state index in [1.807, 2.05) is 0 Å². The lowest BCUT2D eigenvalue weighted by atomic mass is 10.1. The zero-order chi connectivity index (χ0) is 13.1. The van der Waals surface area contributed by atoms with Gasteiger partial charge in [0.05, 0.1) is 0 Å². The van der Waals surface area contributed by atoms with Crippen molar-refractivity contribution in [2.45, 2.75) is 31.5 Å². The van der Waals surface area contributed by atoms with Crippen molar-refractivity contribution < 1.29 is 13.5 Å². The Kier molecular flexibility index (Phi) is 4.14. The highest BCUT2D eigenvalue weighted by molar-refractivity contribution is 5.29. The maximum Gasteiger partial charge on any atom is 0.387 e. The van der Waals surface area contributed by atoms with Gasteiger partial charge in [0.15, 0.2) is 0 Å². The molecular weight excluding hydrogens is 238 g/mol. The molecule has 1 unspecified atom stereocenters. The lowest BCUT2D eigenvalue weighted by Gasteiger charge is -2.27. The van der Waals surface area contributed by atoms with Gasteiger partial charge in [-0.1, -0.05) is 12.1 Å². The number of benzene rings is 1. The Morgan fingerprint density at radius 3 is 2.39 bits per heavy atom. The summed E-state index contributed by atoms with van der Waals surface area (Å²) in [5, 5.41) is 0. The number of alkyl halides is 2. The van der Waals surface area contributed by atoms with Gasteiger partial charge in [-0.05, 0) is 37.6 Å². The molecule has 1 aromatic carbocycles. The van der Waals surface area contributed by atoms with Crippen LogP contribution in [0.5, 0.6) is 5.75 Å². The Morgan fingerprint density at radius 2 is 1.94 bits per heavy atom. The van der Waals surface area contributed by atoms with Crippen LogP contribution in [0.25, 0.3) is 0 Å². The van der Waals surface area contributed by atoms with E-state index >= 15 is 0 Å². The smallest absolute Gasteiger partial charge is 0.387 e. The fraction of sp³-hybridized carbons (Fsp3) is 0.538. The van der Waals surface area contributed by atoms with Crippen molar-refractivity contribution in [3.8, 4) is 5.75 Å². The number of hydrogen-bond acceptors (Lipinski definition) is 3. The minimum atomic E-state index is -2.78. The first-order valence-electron chi connectivity index (χ1n) is 6.08. The summed E-state index contributed by atoms with van der Waals surface area (Å²) in [7, 11) is 2.05. The van der Waals surface area contributed by atoms with Crippen LogP contribution in [0.4, 0.5) is 8.78 Å². The van der Waals surface area contributed by atoms with Crippen LogP contribution in [0.2, 0.25) is 0 Å². The number of rotatable bonds is 6. The first-order chi connectivity index (χ1) is 8.61. The first-order valence-corrected chi connectivity index (χ1v) is 6.08. The van der Waals surface area contributed by atoms with Gasteiger partial charge in [-0.3, -0.25) is 4.90 Å². The van der Waals surface area contributed by atoms with E-state index in [0.717, 1.165) is 5.56 Å². The van der Waals surface area contributed by atoms with E-state index in [9.17, 15) is 8.78 Å². The lowest BCUT2D eigenvalue weighted by molar-refractivity contribution is -0.0498. The second-order valence-electron chi connectivity index (χ2n) is 4.60. The average molecular weight is 256 g/mol. The van der Waals surface area contributed by atoms with Gasteiger partial charge >= 0.3 is 6.61 Å². The maximum atomic E-state index is 12.0. The van der Waals surface area contributed by atoms with E-state index in [1.165, 1.54) is 12.8 Å². The summed E-state index contributed by atoms with van der Waals surface area (Å²) in [4.78, 5) is 2.25. The molecule has 1 aliphatic carbocycles. The molecule has 1 atom stereocenters. The Hall–Kier alpha value is -1.20. The number of likely N-dealkylation sites (N-methyl/N-ethyl adjacent to an activating group) is 1. The maximum absolute atomic E-state index is 12.0. The highest BCUT2D eigenvalue weighted by Crippen LogP contribution is 2.32. The van der Waals surface area contributed by atoms with Gasteiger partial charge < -0.3 is 10.5 Å². The Labute approximate surface area is 106 Å². The monoisotopic (exact) mass is 256 g/mol. The molecule has 5 heteroatoms. The zero-order valence-electron chi connectivity index (χ0n) is 10.4. The normalized spacial score (nSPS) is 17.2. The number of hydrogen-bond donors (Lipinski definition) is 1. The first kappa shape index (κ1) is 13.2. The Balaban J connectivity index is 2.06. The van der Waals surface area contributed by atoms with Crippen LogP contribution in [0.15, 0.2) is 24.3 Å². The van der Waals surface area contributed by atoms with Crippen LogP contribution in [-0.2, 0) is 0 Å². The second kappa shape index (κ2) is 5.63. The van der Waals surface area contributed by atoms with Crippen LogP contribution >= 0.6 is 0 Å². The SMILES string of the molecule is CN(C1CC1)C(CN)c1ccc(OC(F)F)cc1. The van der Waals surface area contributed by atoms with E-state index in [-0.39, 0.29) is 11.8 Å². The van der Waals surface area contributed by atoms with Crippen LogP contribution in [0, 0.1) is 0 Å². The van der Waals surface area contributed by atoms with Crippen LogP contribution in [0.3, 0.4) is 0 Å². The van der Waals surface area contributed by atoms with Crippen LogP contribution in [-0.4, -0.2) is 31.1 Å². The molecule has 1 fully saturated rings. The summed E-state index contributed by atoms with van der Waals surface area (Å²) in [5.41, 5.74) is 6.83. The van der Waals surface area contributed by atoms with Gasteiger partial charge in [0.25, 0.3) is 0 Å². The topological polar surface area (TPSA) is 38.5 Å². The van der Waals surface area contributed by atoms with Gasteiger partial charge in [0.1, 0.15) is 5.75 Å². The van der Waals surface area contributed by atoms with E-state index in [0.29, 0.717) is 12.6 Å². The van der Waals surface area contributed by atoms with Crippen LogP contribution < -0.4 is 10.5 Å². The predicted molar refractivity (Wildman–Crippen MR) is 65.7 cm³/mol. The largest absolute Gasteiger partial charge is 0.435 e. The molecule has 0 aliphatic heterocycles. The molecular formula is C13H18F2N2O. The Bertz CT molecular complexity index is 379. The van der Waals surface area contributed by atoms with Crippen molar-refractivity contribution in [1.29, 1.82) is 0 Å². The second-order valence-corrected chi connectivity index (χ2v) is 4.60. The molecule has 0 amide bonds. The van der Waals surface area contributed by atoms with Crippen molar-refractivity contribution in [3.05, 3.63) is 29.8 Å². The third kappa shape index (κ3) is 3.17. The van der Waals surface area contributed by atoms with Crippen molar-refractivity contribution in [2.75, 3.05) is 13.6 Å². The van der Waals surface area contributed by atoms with Gasteiger partial charge in [-0.25, -0.2) is 0 Å². The van der Waals surface area contributed by atoms with Crippen LogP contribution in [0.1, 0.15) is 24.4 Å². The van der Waals surface area contributed by atoms with Crippen molar-refractivity contribution in [2.24, 2.45) is 5.73 Å². The Morgan fingerprint density at radius 1 is 1.33 bits per heavy atom. The highest BCUT2D eigenvalue weighted by atomic mass is 19.3. The molecule has 3 nitrogen and oxygen atoms in total. The molecule has 0 bridgehead atoms. The molecule has 0 radical (unpaired) electrons. The summed E-state index contributed by atoms with van der Waals surface area (Å²) in [5.74, 6) is 0.179. The highest BCUT2D eigenvalue weighted by Gasteiger charge is 2.31. The predicted octanol–water partition coefficient (Wildman–Crippen LogP) is 2.38. The minimum absolute atomic E-state index is 0.137. The summed E-state index contributed by atoms with van der Waals surface area (Å²) in [6, 6.07) is 7.46. The van der Waals surface area contributed by atoms with Crippen molar-refractivity contribution in [3.63, 3.8) is 0 Å². The number of halogens is 2. The molecule has 1 saturated carbocycles. The number of ether oxygens (including phenoxy) is 1. The number of nitrogens with zero attached hydrogens (tertiary/aromatic N) is 1. The molecule has 2 rings (SSSR count). The molecule has 1 aliphatic rings.